The Morgan fingerprint density at radius 1 is 1.29 bits per heavy atom. The van der Waals surface area contributed by atoms with Gasteiger partial charge in [-0.25, -0.2) is 0 Å². The molecule has 1 aromatic rings. The van der Waals surface area contributed by atoms with Crippen LogP contribution >= 0.6 is 0 Å². The van der Waals surface area contributed by atoms with E-state index >= 15 is 0 Å². The molecule has 0 radical (unpaired) electrons. The Kier molecular flexibility index (Phi) is 3.06. The molecular formula is C10H11FO3. The number of methoxy groups -OCH3 is 2. The zero-order chi connectivity index (χ0) is 10.7. The molecule has 1 rings (SSSR count). The van der Waals surface area contributed by atoms with Gasteiger partial charge in [-0.1, -0.05) is 0 Å². The lowest BCUT2D eigenvalue weighted by atomic mass is 10.1. The summed E-state index contributed by atoms with van der Waals surface area (Å²) in [6.45, 7) is 1.66. The smallest absolute Gasteiger partial charge is 0.207 e. The number of carbonyl (C=O) groups excluding carboxylic acids is 1. The Hall–Kier alpha value is -1.58. The maximum atomic E-state index is 13.6. The molecule has 1 aromatic carbocycles. The maximum absolute atomic E-state index is 13.6. The molecule has 0 aromatic heterocycles. The molecule has 14 heavy (non-hydrogen) atoms. The first kappa shape index (κ1) is 10.5. The first-order valence-corrected chi connectivity index (χ1v) is 4.02. The van der Waals surface area contributed by atoms with E-state index in [1.54, 1.807) is 6.92 Å². The van der Waals surface area contributed by atoms with E-state index in [-0.39, 0.29) is 17.1 Å². The van der Waals surface area contributed by atoms with E-state index in [9.17, 15) is 9.18 Å². The normalized spacial score (nSPS) is 9.71. The summed E-state index contributed by atoms with van der Waals surface area (Å²) in [5, 5.41) is 0. The molecule has 76 valence electrons. The van der Waals surface area contributed by atoms with Gasteiger partial charge in [-0.05, 0) is 18.6 Å². The average Bonchev–Trinajstić information content (AvgIpc) is 2.17. The fraction of sp³-hybridized carbons (Fsp3) is 0.300. The second-order valence-electron chi connectivity index (χ2n) is 2.78. The number of rotatable bonds is 3. The number of halogens is 1. The summed E-state index contributed by atoms with van der Waals surface area (Å²) in [5.74, 6) is -0.619. The van der Waals surface area contributed by atoms with Crippen LogP contribution in [0.25, 0.3) is 0 Å². The number of benzene rings is 1. The summed E-state index contributed by atoms with van der Waals surface area (Å²) in [7, 11) is 2.67. The molecule has 3 nitrogen and oxygen atoms in total. The van der Waals surface area contributed by atoms with Crippen LogP contribution < -0.4 is 9.47 Å². The Balaban J connectivity index is 3.46. The summed E-state index contributed by atoms with van der Waals surface area (Å²) in [5.41, 5.74) is 0.746. The number of hydrogen-bond donors (Lipinski definition) is 0. The predicted octanol–water partition coefficient (Wildman–Crippen LogP) is 1.96. The van der Waals surface area contributed by atoms with Crippen molar-refractivity contribution in [2.24, 2.45) is 0 Å². The first-order chi connectivity index (χ1) is 6.65. The van der Waals surface area contributed by atoms with E-state index in [1.807, 2.05) is 0 Å². The van der Waals surface area contributed by atoms with Crippen molar-refractivity contribution >= 4 is 6.29 Å². The summed E-state index contributed by atoms with van der Waals surface area (Å²) in [6, 6.07) is 1.52. The quantitative estimate of drug-likeness (QED) is 0.696. The lowest BCUT2D eigenvalue weighted by molar-refractivity contribution is 0.111. The third-order valence-electron chi connectivity index (χ3n) is 1.93. The summed E-state index contributed by atoms with van der Waals surface area (Å²) in [6.07, 6.45) is 0.550. The Morgan fingerprint density at radius 2 is 1.86 bits per heavy atom. The van der Waals surface area contributed by atoms with Crippen LogP contribution in [0.1, 0.15) is 15.9 Å². The topological polar surface area (TPSA) is 35.5 Å². The van der Waals surface area contributed by atoms with Gasteiger partial charge in [0.2, 0.25) is 5.82 Å². The first-order valence-electron chi connectivity index (χ1n) is 4.02. The fourth-order valence-electron chi connectivity index (χ4n) is 1.31. The zero-order valence-corrected chi connectivity index (χ0v) is 8.26. The van der Waals surface area contributed by atoms with Crippen LogP contribution in [0, 0.1) is 12.7 Å². The number of carbonyl (C=O) groups is 1. The molecule has 0 heterocycles. The van der Waals surface area contributed by atoms with Crippen molar-refractivity contribution in [2.45, 2.75) is 6.92 Å². The summed E-state index contributed by atoms with van der Waals surface area (Å²) >= 11 is 0. The monoisotopic (exact) mass is 198 g/mol. The molecule has 0 amide bonds. The van der Waals surface area contributed by atoms with Crippen molar-refractivity contribution in [3.8, 4) is 11.5 Å². The minimum atomic E-state index is -0.642. The highest BCUT2D eigenvalue weighted by Crippen LogP contribution is 2.32. The van der Waals surface area contributed by atoms with Crippen LogP contribution in [0.15, 0.2) is 6.07 Å². The zero-order valence-electron chi connectivity index (χ0n) is 8.26. The van der Waals surface area contributed by atoms with Crippen molar-refractivity contribution in [2.75, 3.05) is 14.2 Å². The van der Waals surface area contributed by atoms with Gasteiger partial charge >= 0.3 is 0 Å². The van der Waals surface area contributed by atoms with Gasteiger partial charge in [0.15, 0.2) is 17.8 Å². The van der Waals surface area contributed by atoms with E-state index < -0.39 is 5.82 Å². The van der Waals surface area contributed by atoms with Crippen LogP contribution in [0.3, 0.4) is 0 Å². The van der Waals surface area contributed by atoms with E-state index in [0.29, 0.717) is 11.8 Å². The number of ether oxygens (including phenoxy) is 2. The average molecular weight is 198 g/mol. The highest BCUT2D eigenvalue weighted by Gasteiger charge is 2.17. The van der Waals surface area contributed by atoms with Gasteiger partial charge in [0.05, 0.1) is 19.8 Å². The van der Waals surface area contributed by atoms with E-state index in [4.69, 9.17) is 9.47 Å². The second-order valence-corrected chi connectivity index (χ2v) is 2.78. The predicted molar refractivity (Wildman–Crippen MR) is 49.6 cm³/mol. The molecule has 0 aliphatic heterocycles. The Labute approximate surface area is 81.4 Å². The van der Waals surface area contributed by atoms with Gasteiger partial charge in [0.25, 0.3) is 0 Å². The minimum Gasteiger partial charge on any atom is -0.493 e. The summed E-state index contributed by atoms with van der Waals surface area (Å²) < 4.78 is 23.2. The molecule has 0 unspecified atom stereocenters. The van der Waals surface area contributed by atoms with Crippen molar-refractivity contribution in [3.63, 3.8) is 0 Å². The SMILES string of the molecule is COc1c(C)cc(C=O)c(OC)c1F. The molecule has 0 bridgehead atoms. The van der Waals surface area contributed by atoms with Gasteiger partial charge in [-0.15, -0.1) is 0 Å². The van der Waals surface area contributed by atoms with Gasteiger partial charge in [0.1, 0.15) is 0 Å². The number of hydrogen-bond acceptors (Lipinski definition) is 3. The van der Waals surface area contributed by atoms with Crippen LogP contribution in [0.4, 0.5) is 4.39 Å². The third-order valence-corrected chi connectivity index (χ3v) is 1.93. The molecule has 0 aliphatic carbocycles. The number of aryl methyl sites for hydroxylation is 1. The number of aldehydes is 1. The second kappa shape index (κ2) is 4.09. The van der Waals surface area contributed by atoms with E-state index in [0.717, 1.165) is 0 Å². The van der Waals surface area contributed by atoms with E-state index in [2.05, 4.69) is 0 Å². The molecule has 0 saturated carbocycles. The van der Waals surface area contributed by atoms with Crippen molar-refractivity contribution in [1.82, 2.24) is 0 Å². The summed E-state index contributed by atoms with van der Waals surface area (Å²) in [4.78, 5) is 10.6. The van der Waals surface area contributed by atoms with Gasteiger partial charge in [0, 0.05) is 0 Å². The van der Waals surface area contributed by atoms with Crippen LogP contribution in [0.2, 0.25) is 0 Å². The molecule has 0 N–H and O–H groups in total. The molecule has 0 spiro atoms. The fourth-order valence-corrected chi connectivity index (χ4v) is 1.31. The van der Waals surface area contributed by atoms with Crippen molar-refractivity contribution in [3.05, 3.63) is 23.0 Å². The highest BCUT2D eigenvalue weighted by atomic mass is 19.1. The third kappa shape index (κ3) is 1.55. The lowest BCUT2D eigenvalue weighted by Gasteiger charge is -2.11. The molecule has 0 atom stereocenters. The van der Waals surface area contributed by atoms with Crippen molar-refractivity contribution in [1.29, 1.82) is 0 Å². The van der Waals surface area contributed by atoms with Crippen molar-refractivity contribution < 1.29 is 18.7 Å². The molecule has 0 aliphatic rings. The van der Waals surface area contributed by atoms with Gasteiger partial charge in [-0.3, -0.25) is 4.79 Å². The molecule has 0 fully saturated rings. The molecular weight excluding hydrogens is 187 g/mol. The lowest BCUT2D eigenvalue weighted by Crippen LogP contribution is -2.00. The largest absolute Gasteiger partial charge is 0.493 e. The Morgan fingerprint density at radius 3 is 2.29 bits per heavy atom. The van der Waals surface area contributed by atoms with E-state index in [1.165, 1.54) is 20.3 Å². The van der Waals surface area contributed by atoms with Crippen LogP contribution in [-0.2, 0) is 0 Å². The molecule has 4 heteroatoms. The highest BCUT2D eigenvalue weighted by molar-refractivity contribution is 5.80. The molecule has 0 saturated heterocycles. The minimum absolute atomic E-state index is 0.0811. The standard InChI is InChI=1S/C10H11FO3/c1-6-4-7(5-12)10(14-3)8(11)9(6)13-2/h4-5H,1-3H3. The maximum Gasteiger partial charge on any atom is 0.207 e. The van der Waals surface area contributed by atoms with Crippen LogP contribution in [-0.4, -0.2) is 20.5 Å². The Bertz CT molecular complexity index is 361. The van der Waals surface area contributed by atoms with Crippen LogP contribution in [0.5, 0.6) is 11.5 Å². The van der Waals surface area contributed by atoms with Gasteiger partial charge in [-0.2, -0.15) is 4.39 Å². The van der Waals surface area contributed by atoms with Gasteiger partial charge < -0.3 is 9.47 Å².